The fraction of sp³-hybridized carbons (Fsp3) is 0.524. The molecule has 2 rings (SSSR count). The SMILES string of the molecule is CCCCOC(=O)CC1C(=O)NCCN1C(=S)NC(=O)c1ccc(OCCOC)c(Br)c1. The van der Waals surface area contributed by atoms with Crippen LogP contribution < -0.4 is 15.4 Å². The Labute approximate surface area is 201 Å². The maximum Gasteiger partial charge on any atom is 0.308 e. The van der Waals surface area contributed by atoms with Crippen LogP contribution in [0.1, 0.15) is 36.5 Å². The standard InChI is InChI=1S/C21H28BrN3O6S/c1-3-4-9-31-18(26)13-16-20(28)23-7-8-25(16)21(32)24-19(27)14-5-6-17(15(22)12-14)30-11-10-29-2/h5-6,12,16H,3-4,7-11,13H2,1-2H3,(H,23,28)(H,24,27,32). The zero-order valence-electron chi connectivity index (χ0n) is 18.1. The van der Waals surface area contributed by atoms with Crippen LogP contribution in [-0.2, 0) is 19.1 Å². The van der Waals surface area contributed by atoms with Crippen molar-refractivity contribution in [3.05, 3.63) is 28.2 Å². The molecule has 0 radical (unpaired) electrons. The van der Waals surface area contributed by atoms with Gasteiger partial charge in [-0.15, -0.1) is 0 Å². The van der Waals surface area contributed by atoms with Gasteiger partial charge >= 0.3 is 5.97 Å². The Morgan fingerprint density at radius 1 is 1.31 bits per heavy atom. The smallest absolute Gasteiger partial charge is 0.308 e. The summed E-state index contributed by atoms with van der Waals surface area (Å²) in [6.07, 6.45) is 1.51. The van der Waals surface area contributed by atoms with E-state index in [4.69, 9.17) is 26.4 Å². The Morgan fingerprint density at radius 3 is 2.78 bits per heavy atom. The normalized spacial score (nSPS) is 15.7. The van der Waals surface area contributed by atoms with Gasteiger partial charge in [0.25, 0.3) is 5.91 Å². The Kier molecular flexibility index (Phi) is 10.8. The highest BCUT2D eigenvalue weighted by Crippen LogP contribution is 2.26. The number of carbonyl (C=O) groups excluding carboxylic acids is 3. The molecule has 1 unspecified atom stereocenters. The van der Waals surface area contributed by atoms with E-state index in [1.807, 2.05) is 6.92 Å². The van der Waals surface area contributed by atoms with Crippen LogP contribution in [0.3, 0.4) is 0 Å². The molecule has 176 valence electrons. The number of nitrogens with zero attached hydrogens (tertiary/aromatic N) is 1. The maximum atomic E-state index is 12.7. The molecular weight excluding hydrogens is 502 g/mol. The van der Waals surface area contributed by atoms with Crippen molar-refractivity contribution in [2.24, 2.45) is 0 Å². The summed E-state index contributed by atoms with van der Waals surface area (Å²) in [5.74, 6) is -0.668. The first-order valence-corrected chi connectivity index (χ1v) is 11.5. The number of rotatable bonds is 10. The Hall–Kier alpha value is -2.24. The van der Waals surface area contributed by atoms with Gasteiger partial charge in [0, 0.05) is 25.8 Å². The molecule has 1 heterocycles. The Bertz CT molecular complexity index is 838. The summed E-state index contributed by atoms with van der Waals surface area (Å²) in [7, 11) is 1.58. The summed E-state index contributed by atoms with van der Waals surface area (Å²) in [5, 5.41) is 5.44. The highest BCUT2D eigenvalue weighted by Gasteiger charge is 2.34. The average molecular weight is 530 g/mol. The van der Waals surface area contributed by atoms with Crippen molar-refractivity contribution in [1.82, 2.24) is 15.5 Å². The van der Waals surface area contributed by atoms with Crippen molar-refractivity contribution < 1.29 is 28.6 Å². The number of unbranched alkanes of at least 4 members (excludes halogenated alkanes) is 1. The van der Waals surface area contributed by atoms with Crippen molar-refractivity contribution in [3.63, 3.8) is 0 Å². The second-order valence-electron chi connectivity index (χ2n) is 7.02. The van der Waals surface area contributed by atoms with Gasteiger partial charge < -0.3 is 24.4 Å². The third-order valence-electron chi connectivity index (χ3n) is 4.67. The van der Waals surface area contributed by atoms with Gasteiger partial charge in [-0.25, -0.2) is 0 Å². The maximum absolute atomic E-state index is 12.7. The molecule has 0 aliphatic carbocycles. The molecule has 1 atom stereocenters. The number of thiocarbonyl (C=S) groups is 1. The quantitative estimate of drug-likeness (QED) is 0.269. The highest BCUT2D eigenvalue weighted by molar-refractivity contribution is 9.10. The minimum atomic E-state index is -0.839. The number of esters is 1. The van der Waals surface area contributed by atoms with E-state index in [0.717, 1.165) is 12.8 Å². The van der Waals surface area contributed by atoms with E-state index >= 15 is 0 Å². The number of benzene rings is 1. The van der Waals surface area contributed by atoms with Crippen LogP contribution in [0.2, 0.25) is 0 Å². The number of ether oxygens (including phenoxy) is 3. The summed E-state index contributed by atoms with van der Waals surface area (Å²) in [6.45, 7) is 3.85. The fourth-order valence-corrected chi connectivity index (χ4v) is 3.75. The van der Waals surface area contributed by atoms with Crippen LogP contribution in [0.4, 0.5) is 0 Å². The lowest BCUT2D eigenvalue weighted by molar-refractivity contribution is -0.147. The number of hydrogen-bond donors (Lipinski definition) is 2. The van der Waals surface area contributed by atoms with Crippen molar-refractivity contribution >= 4 is 51.0 Å². The molecule has 1 aromatic rings. The molecule has 1 aromatic carbocycles. The van der Waals surface area contributed by atoms with Gasteiger partial charge in [-0.05, 0) is 52.8 Å². The van der Waals surface area contributed by atoms with Gasteiger partial charge in [0.1, 0.15) is 18.4 Å². The molecule has 0 aromatic heterocycles. The molecule has 1 aliphatic rings. The number of piperazine rings is 1. The summed E-state index contributed by atoms with van der Waals surface area (Å²) in [4.78, 5) is 38.7. The number of amides is 2. The fourth-order valence-electron chi connectivity index (χ4n) is 2.94. The molecule has 1 aliphatic heterocycles. The topological polar surface area (TPSA) is 106 Å². The van der Waals surface area contributed by atoms with Gasteiger partial charge in [-0.3, -0.25) is 19.7 Å². The zero-order valence-corrected chi connectivity index (χ0v) is 20.6. The summed E-state index contributed by atoms with van der Waals surface area (Å²) >= 11 is 8.77. The predicted molar refractivity (Wildman–Crippen MR) is 126 cm³/mol. The Morgan fingerprint density at radius 2 is 2.09 bits per heavy atom. The molecule has 2 amide bonds. The molecule has 0 bridgehead atoms. The number of hydrogen-bond acceptors (Lipinski definition) is 7. The molecule has 11 heteroatoms. The summed E-state index contributed by atoms with van der Waals surface area (Å²) in [6, 6.07) is 4.05. The third-order valence-corrected chi connectivity index (χ3v) is 5.63. The minimum absolute atomic E-state index is 0.0766. The van der Waals surface area contributed by atoms with Crippen LogP contribution in [0, 0.1) is 0 Å². The van der Waals surface area contributed by atoms with Gasteiger partial charge in [0.15, 0.2) is 5.11 Å². The van der Waals surface area contributed by atoms with E-state index in [1.54, 1.807) is 30.2 Å². The average Bonchev–Trinajstić information content (AvgIpc) is 2.76. The zero-order chi connectivity index (χ0) is 23.5. The Balaban J connectivity index is 2.00. The van der Waals surface area contributed by atoms with E-state index < -0.39 is 17.9 Å². The van der Waals surface area contributed by atoms with Gasteiger partial charge in [-0.1, -0.05) is 13.3 Å². The van der Waals surface area contributed by atoms with E-state index in [1.165, 1.54) is 0 Å². The van der Waals surface area contributed by atoms with Crippen LogP contribution in [0.15, 0.2) is 22.7 Å². The number of carbonyl (C=O) groups is 3. The number of nitrogens with one attached hydrogen (secondary N) is 2. The number of halogens is 1. The van der Waals surface area contributed by atoms with E-state index in [2.05, 4.69) is 26.6 Å². The molecule has 1 fully saturated rings. The van der Waals surface area contributed by atoms with Gasteiger partial charge in [0.2, 0.25) is 5.91 Å². The first kappa shape index (κ1) is 26.0. The van der Waals surface area contributed by atoms with Crippen LogP contribution in [0.25, 0.3) is 0 Å². The molecular formula is C21H28BrN3O6S. The third kappa shape index (κ3) is 7.72. The summed E-state index contributed by atoms with van der Waals surface area (Å²) in [5.41, 5.74) is 0.357. The molecule has 2 N–H and O–H groups in total. The molecule has 9 nitrogen and oxygen atoms in total. The van der Waals surface area contributed by atoms with Crippen LogP contribution in [-0.4, -0.2) is 73.9 Å². The highest BCUT2D eigenvalue weighted by atomic mass is 79.9. The number of methoxy groups -OCH3 is 1. The molecule has 0 saturated carbocycles. The van der Waals surface area contributed by atoms with Crippen LogP contribution >= 0.6 is 28.1 Å². The first-order valence-electron chi connectivity index (χ1n) is 10.3. The second-order valence-corrected chi connectivity index (χ2v) is 8.27. The lowest BCUT2D eigenvalue weighted by atomic mass is 10.1. The summed E-state index contributed by atoms with van der Waals surface area (Å²) < 4.78 is 16.3. The molecule has 1 saturated heterocycles. The lowest BCUT2D eigenvalue weighted by Gasteiger charge is -2.36. The van der Waals surface area contributed by atoms with Crippen molar-refractivity contribution in [3.8, 4) is 5.75 Å². The van der Waals surface area contributed by atoms with Crippen molar-refractivity contribution in [1.29, 1.82) is 0 Å². The molecule has 0 spiro atoms. The lowest BCUT2D eigenvalue weighted by Crippen LogP contribution is -2.60. The monoisotopic (exact) mass is 529 g/mol. The van der Waals surface area contributed by atoms with Crippen LogP contribution in [0.5, 0.6) is 5.75 Å². The molecule has 32 heavy (non-hydrogen) atoms. The van der Waals surface area contributed by atoms with Crippen molar-refractivity contribution in [2.45, 2.75) is 32.2 Å². The van der Waals surface area contributed by atoms with E-state index in [-0.39, 0.29) is 17.4 Å². The van der Waals surface area contributed by atoms with E-state index in [9.17, 15) is 14.4 Å². The van der Waals surface area contributed by atoms with Gasteiger partial charge in [-0.2, -0.15) is 0 Å². The minimum Gasteiger partial charge on any atom is -0.490 e. The van der Waals surface area contributed by atoms with Gasteiger partial charge in [0.05, 0.1) is 24.1 Å². The largest absolute Gasteiger partial charge is 0.490 e. The first-order chi connectivity index (χ1) is 15.4. The predicted octanol–water partition coefficient (Wildman–Crippen LogP) is 2.02. The second kappa shape index (κ2) is 13.3. The van der Waals surface area contributed by atoms with Crippen molar-refractivity contribution in [2.75, 3.05) is 40.0 Å². The van der Waals surface area contributed by atoms with E-state index in [0.29, 0.717) is 48.7 Å².